The summed E-state index contributed by atoms with van der Waals surface area (Å²) in [6.07, 6.45) is 8.04. The molecule has 144 valence electrons. The molecule has 2 aromatic carbocycles. The Bertz CT molecular complexity index is 778. The average molecular weight is 389 g/mol. The van der Waals surface area contributed by atoms with Gasteiger partial charge in [-0.25, -0.2) is 4.39 Å². The maximum absolute atomic E-state index is 14.4. The van der Waals surface area contributed by atoms with E-state index in [1.165, 1.54) is 18.1 Å². The summed E-state index contributed by atoms with van der Waals surface area (Å²) in [7, 11) is 0. The van der Waals surface area contributed by atoms with Crippen LogP contribution in [0.25, 0.3) is 11.1 Å². The van der Waals surface area contributed by atoms with Gasteiger partial charge < -0.3 is 4.74 Å². The Morgan fingerprint density at radius 1 is 1.04 bits per heavy atom. The third-order valence-electron chi connectivity index (χ3n) is 4.90. The molecule has 1 unspecified atom stereocenters. The van der Waals surface area contributed by atoms with Crippen LogP contribution in [0.5, 0.6) is 5.75 Å². The molecule has 0 saturated carbocycles. The van der Waals surface area contributed by atoms with E-state index in [1.807, 2.05) is 36.0 Å². The van der Waals surface area contributed by atoms with Gasteiger partial charge in [0.15, 0.2) is 11.6 Å². The van der Waals surface area contributed by atoms with Crippen molar-refractivity contribution in [3.05, 3.63) is 65.7 Å². The highest BCUT2D eigenvalue weighted by atomic mass is 32.2. The van der Waals surface area contributed by atoms with Crippen molar-refractivity contribution in [1.82, 2.24) is 0 Å². The van der Waals surface area contributed by atoms with Crippen LogP contribution in [0, 0.1) is 17.6 Å². The fraction of sp³-hybridized carbons (Fsp3) is 0.391. The molecule has 0 bridgehead atoms. The van der Waals surface area contributed by atoms with E-state index < -0.39 is 11.6 Å². The smallest absolute Gasteiger partial charge is 0.201 e. The zero-order valence-corrected chi connectivity index (χ0v) is 16.7. The van der Waals surface area contributed by atoms with Gasteiger partial charge in [-0.3, -0.25) is 0 Å². The molecule has 1 aliphatic rings. The molecule has 0 N–H and O–H groups in total. The van der Waals surface area contributed by atoms with Crippen LogP contribution in [0.3, 0.4) is 0 Å². The number of thioether (sulfide) groups is 1. The van der Waals surface area contributed by atoms with Crippen LogP contribution in [0.1, 0.15) is 43.9 Å². The summed E-state index contributed by atoms with van der Waals surface area (Å²) in [5.74, 6) is -0.00690. The lowest BCUT2D eigenvalue weighted by Gasteiger charge is -2.26. The quantitative estimate of drug-likeness (QED) is 0.485. The zero-order chi connectivity index (χ0) is 19.2. The standard InChI is InChI=1S/C23H26F2OS/c1-3-5-6-16-7-14-21(27-15-16)18-10-8-17(9-11-18)19-12-13-20(26-4-2)23(25)22(19)24/h5-6,8-13,16,21H,3-4,7,14-15H2,1-2H3/b6-5+/t16?,21-/m0/s1. The molecule has 27 heavy (non-hydrogen) atoms. The number of rotatable bonds is 6. The molecule has 0 aromatic heterocycles. The van der Waals surface area contributed by atoms with E-state index >= 15 is 0 Å². The van der Waals surface area contributed by atoms with Crippen molar-refractivity contribution in [3.63, 3.8) is 0 Å². The van der Waals surface area contributed by atoms with Crippen LogP contribution in [-0.2, 0) is 0 Å². The van der Waals surface area contributed by atoms with Crippen molar-refractivity contribution < 1.29 is 13.5 Å². The molecular formula is C23H26F2OS. The molecule has 1 aliphatic heterocycles. The summed E-state index contributed by atoms with van der Waals surface area (Å²) < 4.78 is 33.6. The van der Waals surface area contributed by atoms with E-state index in [-0.39, 0.29) is 11.3 Å². The summed E-state index contributed by atoms with van der Waals surface area (Å²) in [6.45, 7) is 4.21. The first-order valence-corrected chi connectivity index (χ1v) is 10.7. The SMILES string of the molecule is CC/C=C/C1CC[C@@H](c2ccc(-c3ccc(OCC)c(F)c3F)cc2)SC1. The minimum Gasteiger partial charge on any atom is -0.491 e. The predicted molar refractivity (Wildman–Crippen MR) is 110 cm³/mol. The summed E-state index contributed by atoms with van der Waals surface area (Å²) >= 11 is 1.99. The number of halogens is 2. The van der Waals surface area contributed by atoms with Gasteiger partial charge in [-0.15, -0.1) is 0 Å². The Labute approximate surface area is 164 Å². The fourth-order valence-corrected chi connectivity index (χ4v) is 4.82. The Balaban J connectivity index is 1.71. The van der Waals surface area contributed by atoms with Crippen LogP contribution >= 0.6 is 11.8 Å². The number of ether oxygens (including phenoxy) is 1. The minimum absolute atomic E-state index is 0.0411. The maximum Gasteiger partial charge on any atom is 0.201 e. The summed E-state index contributed by atoms with van der Waals surface area (Å²) in [5, 5.41) is 0.479. The second-order valence-electron chi connectivity index (χ2n) is 6.79. The van der Waals surface area contributed by atoms with Gasteiger partial charge in [0.2, 0.25) is 5.82 Å². The minimum atomic E-state index is -0.924. The van der Waals surface area contributed by atoms with Gasteiger partial charge >= 0.3 is 0 Å². The van der Waals surface area contributed by atoms with Crippen LogP contribution < -0.4 is 4.74 Å². The first-order valence-electron chi connectivity index (χ1n) is 9.63. The van der Waals surface area contributed by atoms with E-state index in [0.29, 0.717) is 23.3 Å². The normalized spacial score (nSPS) is 20.1. The van der Waals surface area contributed by atoms with E-state index in [9.17, 15) is 8.78 Å². The molecule has 0 aliphatic carbocycles. The van der Waals surface area contributed by atoms with Crippen molar-refractivity contribution in [3.8, 4) is 16.9 Å². The number of allylic oxidation sites excluding steroid dienone is 2. The van der Waals surface area contributed by atoms with E-state index in [2.05, 4.69) is 19.1 Å². The first kappa shape index (κ1) is 19.9. The van der Waals surface area contributed by atoms with Crippen LogP contribution in [0.2, 0.25) is 0 Å². The molecule has 1 nitrogen and oxygen atoms in total. The lowest BCUT2D eigenvalue weighted by Crippen LogP contribution is -2.11. The average Bonchev–Trinajstić information content (AvgIpc) is 2.71. The van der Waals surface area contributed by atoms with Crippen molar-refractivity contribution in [2.45, 2.75) is 38.4 Å². The largest absolute Gasteiger partial charge is 0.491 e. The molecule has 1 saturated heterocycles. The third kappa shape index (κ3) is 4.73. The molecule has 2 atom stereocenters. The first-order chi connectivity index (χ1) is 13.1. The van der Waals surface area contributed by atoms with E-state index in [4.69, 9.17) is 4.74 Å². The zero-order valence-electron chi connectivity index (χ0n) is 15.9. The van der Waals surface area contributed by atoms with Gasteiger partial charge in [0, 0.05) is 16.6 Å². The summed E-state index contributed by atoms with van der Waals surface area (Å²) in [6, 6.07) is 10.9. The molecule has 0 spiro atoms. The third-order valence-corrected chi connectivity index (χ3v) is 6.43. The van der Waals surface area contributed by atoms with Crippen LogP contribution in [-0.4, -0.2) is 12.4 Å². The summed E-state index contributed by atoms with van der Waals surface area (Å²) in [4.78, 5) is 0. The number of hydrogen-bond acceptors (Lipinski definition) is 2. The van der Waals surface area contributed by atoms with Gasteiger partial charge in [-0.2, -0.15) is 16.2 Å². The van der Waals surface area contributed by atoms with Gasteiger partial charge in [-0.05, 0) is 55.4 Å². The van der Waals surface area contributed by atoms with Crippen molar-refractivity contribution in [2.75, 3.05) is 12.4 Å². The molecule has 0 amide bonds. The Kier molecular flexibility index (Phi) is 6.95. The molecule has 1 heterocycles. The van der Waals surface area contributed by atoms with Gasteiger partial charge in [0.05, 0.1) is 6.61 Å². The Hall–Kier alpha value is -1.81. The Morgan fingerprint density at radius 3 is 2.44 bits per heavy atom. The molecule has 0 radical (unpaired) electrons. The molecule has 4 heteroatoms. The highest BCUT2D eigenvalue weighted by molar-refractivity contribution is 7.99. The maximum atomic E-state index is 14.4. The van der Waals surface area contributed by atoms with Gasteiger partial charge in [0.1, 0.15) is 0 Å². The fourth-order valence-electron chi connectivity index (χ4n) is 3.41. The van der Waals surface area contributed by atoms with E-state index in [0.717, 1.165) is 18.6 Å². The van der Waals surface area contributed by atoms with Crippen LogP contribution in [0.15, 0.2) is 48.6 Å². The van der Waals surface area contributed by atoms with Gasteiger partial charge in [0.25, 0.3) is 0 Å². The molecule has 2 aromatic rings. The molecule has 1 fully saturated rings. The van der Waals surface area contributed by atoms with Crippen molar-refractivity contribution >= 4 is 11.8 Å². The highest BCUT2D eigenvalue weighted by Gasteiger charge is 2.22. The lowest BCUT2D eigenvalue weighted by molar-refractivity contribution is 0.314. The predicted octanol–water partition coefficient (Wildman–Crippen LogP) is 7.18. The molecule has 3 rings (SSSR count). The second-order valence-corrected chi connectivity index (χ2v) is 8.03. The van der Waals surface area contributed by atoms with Gasteiger partial charge in [-0.1, -0.05) is 43.3 Å². The van der Waals surface area contributed by atoms with Crippen LogP contribution in [0.4, 0.5) is 8.78 Å². The summed E-state index contributed by atoms with van der Waals surface area (Å²) in [5.41, 5.74) is 2.21. The monoisotopic (exact) mass is 388 g/mol. The highest BCUT2D eigenvalue weighted by Crippen LogP contribution is 2.41. The molecular weight excluding hydrogens is 362 g/mol. The van der Waals surface area contributed by atoms with Crippen molar-refractivity contribution in [2.24, 2.45) is 5.92 Å². The lowest BCUT2D eigenvalue weighted by atomic mass is 9.97. The Morgan fingerprint density at radius 2 is 1.81 bits per heavy atom. The number of benzene rings is 2. The van der Waals surface area contributed by atoms with Crippen molar-refractivity contribution in [1.29, 1.82) is 0 Å². The topological polar surface area (TPSA) is 9.23 Å². The van der Waals surface area contributed by atoms with E-state index in [1.54, 1.807) is 13.0 Å². The number of hydrogen-bond donors (Lipinski definition) is 0. The second kappa shape index (κ2) is 9.41.